The zero-order valence-corrected chi connectivity index (χ0v) is 16.9. The first-order valence-electron chi connectivity index (χ1n) is 9.28. The van der Waals surface area contributed by atoms with Crippen LogP contribution in [0.15, 0.2) is 18.6 Å². The number of carbonyl (C=O) groups is 1. The Morgan fingerprint density at radius 3 is 3.00 bits per heavy atom. The summed E-state index contributed by atoms with van der Waals surface area (Å²) in [6.07, 6.45) is 2.12. The molecule has 154 valence electrons. The van der Waals surface area contributed by atoms with Gasteiger partial charge in [-0.25, -0.2) is 18.7 Å². The van der Waals surface area contributed by atoms with E-state index in [1.54, 1.807) is 6.20 Å². The third-order valence-electron chi connectivity index (χ3n) is 5.11. The molecule has 11 heteroatoms. The lowest BCUT2D eigenvalue weighted by Crippen LogP contribution is -2.44. The molecule has 29 heavy (non-hydrogen) atoms. The molecule has 0 radical (unpaired) electrons. The van der Waals surface area contributed by atoms with E-state index < -0.39 is 6.43 Å². The SMILES string of the molecule is CC(=O)Nc1ncc(CN2CCCC(C)(c3cc(C(F)F)n4ncnc4n3)C2)s1. The second kappa shape index (κ2) is 7.71. The molecule has 1 unspecified atom stereocenters. The first-order valence-corrected chi connectivity index (χ1v) is 10.1. The van der Waals surface area contributed by atoms with Gasteiger partial charge in [0.1, 0.15) is 12.0 Å². The molecule has 1 amide bonds. The Balaban J connectivity index is 1.56. The normalized spacial score (nSPS) is 20.4. The third kappa shape index (κ3) is 4.10. The second-order valence-corrected chi connectivity index (χ2v) is 8.64. The Labute approximate surface area is 170 Å². The molecule has 0 saturated carbocycles. The van der Waals surface area contributed by atoms with E-state index >= 15 is 0 Å². The van der Waals surface area contributed by atoms with Gasteiger partial charge in [0.05, 0.1) is 5.69 Å². The lowest BCUT2D eigenvalue weighted by atomic mass is 9.78. The molecule has 0 aromatic carbocycles. The molecule has 4 heterocycles. The van der Waals surface area contributed by atoms with Gasteiger partial charge >= 0.3 is 0 Å². The van der Waals surface area contributed by atoms with Crippen molar-refractivity contribution in [2.45, 2.75) is 45.1 Å². The molecule has 1 atom stereocenters. The number of hydrogen-bond donors (Lipinski definition) is 1. The van der Waals surface area contributed by atoms with Crippen molar-refractivity contribution < 1.29 is 13.6 Å². The molecule has 3 aromatic rings. The summed E-state index contributed by atoms with van der Waals surface area (Å²) in [7, 11) is 0. The van der Waals surface area contributed by atoms with Gasteiger partial charge in [-0.2, -0.15) is 14.6 Å². The number of piperidine rings is 1. The quantitative estimate of drug-likeness (QED) is 0.681. The van der Waals surface area contributed by atoms with Crippen molar-refractivity contribution in [1.29, 1.82) is 0 Å². The fourth-order valence-electron chi connectivity index (χ4n) is 3.80. The van der Waals surface area contributed by atoms with Crippen LogP contribution in [0.3, 0.4) is 0 Å². The van der Waals surface area contributed by atoms with Gasteiger partial charge in [0.15, 0.2) is 5.13 Å². The summed E-state index contributed by atoms with van der Waals surface area (Å²) >= 11 is 1.44. The number of carbonyl (C=O) groups excluding carboxylic acids is 1. The van der Waals surface area contributed by atoms with Crippen molar-refractivity contribution in [3.05, 3.63) is 34.9 Å². The minimum Gasteiger partial charge on any atom is -0.302 e. The van der Waals surface area contributed by atoms with Gasteiger partial charge in [-0.05, 0) is 25.5 Å². The summed E-state index contributed by atoms with van der Waals surface area (Å²) in [5.41, 5.74) is 0.0466. The van der Waals surface area contributed by atoms with Crippen LogP contribution in [0.2, 0.25) is 0 Å². The summed E-state index contributed by atoms with van der Waals surface area (Å²) in [4.78, 5) is 27.2. The second-order valence-electron chi connectivity index (χ2n) is 7.53. The third-order valence-corrected chi connectivity index (χ3v) is 6.01. The number of alkyl halides is 2. The maximum Gasteiger partial charge on any atom is 0.280 e. The number of thiazole rings is 1. The number of nitrogens with zero attached hydrogens (tertiary/aromatic N) is 6. The Kier molecular flexibility index (Phi) is 5.26. The summed E-state index contributed by atoms with van der Waals surface area (Å²) < 4.78 is 28.2. The molecular formula is C18H21F2N7OS. The van der Waals surface area contributed by atoms with Crippen molar-refractivity contribution in [2.24, 2.45) is 0 Å². The van der Waals surface area contributed by atoms with E-state index in [4.69, 9.17) is 0 Å². The summed E-state index contributed by atoms with van der Waals surface area (Å²) in [6.45, 7) is 5.77. The molecule has 1 aliphatic heterocycles. The topological polar surface area (TPSA) is 88.3 Å². The zero-order valence-electron chi connectivity index (χ0n) is 16.1. The van der Waals surface area contributed by atoms with Gasteiger partial charge in [-0.3, -0.25) is 9.69 Å². The van der Waals surface area contributed by atoms with Crippen LogP contribution < -0.4 is 5.32 Å². The van der Waals surface area contributed by atoms with E-state index in [1.165, 1.54) is 30.7 Å². The van der Waals surface area contributed by atoms with Gasteiger partial charge in [-0.1, -0.05) is 6.92 Å². The van der Waals surface area contributed by atoms with E-state index in [1.807, 2.05) is 0 Å². The Morgan fingerprint density at radius 2 is 2.24 bits per heavy atom. The summed E-state index contributed by atoms with van der Waals surface area (Å²) in [6, 6.07) is 1.46. The molecule has 1 N–H and O–H groups in total. The lowest BCUT2D eigenvalue weighted by molar-refractivity contribution is -0.114. The highest BCUT2D eigenvalue weighted by molar-refractivity contribution is 7.15. The monoisotopic (exact) mass is 421 g/mol. The maximum absolute atomic E-state index is 13.5. The van der Waals surface area contributed by atoms with E-state index in [0.717, 1.165) is 28.8 Å². The maximum atomic E-state index is 13.5. The number of aromatic nitrogens is 5. The molecule has 0 aliphatic carbocycles. The van der Waals surface area contributed by atoms with Gasteiger partial charge < -0.3 is 5.32 Å². The molecule has 0 bridgehead atoms. The molecule has 1 fully saturated rings. The van der Waals surface area contributed by atoms with Crippen LogP contribution in [0.5, 0.6) is 0 Å². The van der Waals surface area contributed by atoms with Crippen LogP contribution in [0.1, 0.15) is 49.4 Å². The summed E-state index contributed by atoms with van der Waals surface area (Å²) in [5, 5.41) is 7.13. The average molecular weight is 421 g/mol. The average Bonchev–Trinajstić information content (AvgIpc) is 3.29. The number of amides is 1. The van der Waals surface area contributed by atoms with Crippen LogP contribution in [-0.2, 0) is 16.8 Å². The highest BCUT2D eigenvalue weighted by atomic mass is 32.1. The number of anilines is 1. The first-order chi connectivity index (χ1) is 13.8. The minimum absolute atomic E-state index is 0.152. The molecule has 8 nitrogen and oxygen atoms in total. The number of hydrogen-bond acceptors (Lipinski definition) is 7. The highest BCUT2D eigenvalue weighted by Crippen LogP contribution is 2.35. The summed E-state index contributed by atoms with van der Waals surface area (Å²) in [5.74, 6) is 0.0415. The van der Waals surface area contributed by atoms with Gasteiger partial charge in [-0.15, -0.1) is 11.3 Å². The molecule has 1 saturated heterocycles. The van der Waals surface area contributed by atoms with Crippen LogP contribution in [0, 0.1) is 0 Å². The molecule has 4 rings (SSSR count). The van der Waals surface area contributed by atoms with E-state index in [2.05, 4.69) is 37.2 Å². The van der Waals surface area contributed by atoms with Crippen molar-refractivity contribution in [3.8, 4) is 0 Å². The zero-order chi connectivity index (χ0) is 20.6. The number of likely N-dealkylation sites (tertiary alicyclic amines) is 1. The lowest BCUT2D eigenvalue weighted by Gasteiger charge is -2.40. The number of fused-ring (bicyclic) bond motifs is 1. The van der Waals surface area contributed by atoms with Crippen molar-refractivity contribution in [2.75, 3.05) is 18.4 Å². The smallest absolute Gasteiger partial charge is 0.280 e. The van der Waals surface area contributed by atoms with Crippen LogP contribution >= 0.6 is 11.3 Å². The largest absolute Gasteiger partial charge is 0.302 e. The fourth-order valence-corrected chi connectivity index (χ4v) is 4.70. The Hall–Kier alpha value is -2.53. The number of rotatable bonds is 5. The number of halogens is 2. The van der Waals surface area contributed by atoms with Crippen LogP contribution in [-0.4, -0.2) is 48.5 Å². The van der Waals surface area contributed by atoms with E-state index in [0.29, 0.717) is 23.9 Å². The van der Waals surface area contributed by atoms with Crippen molar-refractivity contribution in [3.63, 3.8) is 0 Å². The van der Waals surface area contributed by atoms with Gasteiger partial charge in [0.2, 0.25) is 5.91 Å². The van der Waals surface area contributed by atoms with Gasteiger partial charge in [0.25, 0.3) is 12.2 Å². The van der Waals surface area contributed by atoms with E-state index in [-0.39, 0.29) is 22.8 Å². The predicted molar refractivity (Wildman–Crippen MR) is 104 cm³/mol. The molecule has 1 aliphatic rings. The standard InChI is InChI=1S/C18H21F2N7OS/c1-11(28)24-17-21-7-12(29-17)8-26-5-3-4-18(2,9-26)14-6-13(15(19)20)27-16(25-14)22-10-23-27/h6-7,10,15H,3-5,8-9H2,1-2H3,(H,21,24,28). The van der Waals surface area contributed by atoms with Crippen LogP contribution in [0.25, 0.3) is 5.78 Å². The fraction of sp³-hybridized carbons (Fsp3) is 0.500. The minimum atomic E-state index is -2.66. The Morgan fingerprint density at radius 1 is 1.41 bits per heavy atom. The van der Waals surface area contributed by atoms with Crippen molar-refractivity contribution in [1.82, 2.24) is 29.5 Å². The highest BCUT2D eigenvalue weighted by Gasteiger charge is 2.35. The van der Waals surface area contributed by atoms with Crippen LogP contribution in [0.4, 0.5) is 13.9 Å². The van der Waals surface area contributed by atoms with Gasteiger partial charge in [0, 0.05) is 36.5 Å². The first kappa shape index (κ1) is 19.8. The molecular weight excluding hydrogens is 400 g/mol. The van der Waals surface area contributed by atoms with Crippen molar-refractivity contribution >= 4 is 28.2 Å². The molecule has 0 spiro atoms. The predicted octanol–water partition coefficient (Wildman–Crippen LogP) is 3.03. The van der Waals surface area contributed by atoms with E-state index in [9.17, 15) is 13.6 Å². The molecule has 3 aromatic heterocycles. The number of nitrogens with one attached hydrogen (secondary N) is 1. The Bertz CT molecular complexity index is 1040.